The zero-order valence-electron chi connectivity index (χ0n) is 54.5. The van der Waals surface area contributed by atoms with Crippen molar-refractivity contribution in [2.24, 2.45) is 0 Å². The molecule has 1 fully saturated rings. The van der Waals surface area contributed by atoms with Crippen molar-refractivity contribution in [2.75, 3.05) is 13.2 Å². The van der Waals surface area contributed by atoms with E-state index in [4.69, 9.17) is 9.47 Å². The van der Waals surface area contributed by atoms with Gasteiger partial charge in [0.1, 0.15) is 24.4 Å². The maximum absolute atomic E-state index is 13.2. The highest BCUT2D eigenvalue weighted by atomic mass is 32.3. The smallest absolute Gasteiger partial charge is 0.394 e. The Balaban J connectivity index is 2.17. The summed E-state index contributed by atoms with van der Waals surface area (Å²) in [6.07, 6.45) is 71.0. The van der Waals surface area contributed by atoms with Crippen LogP contribution in [0.2, 0.25) is 0 Å². The van der Waals surface area contributed by atoms with Gasteiger partial charge < -0.3 is 35.2 Å². The molecule has 1 heterocycles. The molecule has 0 aromatic heterocycles. The second-order valence-corrected chi connectivity index (χ2v) is 26.2. The largest absolute Gasteiger partial charge is 0.397 e. The Kier molecular flexibility index (Phi) is 57.6. The number of amides is 1. The number of rotatable bonds is 64. The molecule has 1 amide bonds. The van der Waals surface area contributed by atoms with E-state index in [-0.39, 0.29) is 18.9 Å². The summed E-state index contributed by atoms with van der Waals surface area (Å²) >= 11 is 0. The van der Waals surface area contributed by atoms with Crippen LogP contribution >= 0.6 is 0 Å². The summed E-state index contributed by atoms with van der Waals surface area (Å²) in [5.41, 5.74) is 0. The molecule has 6 N–H and O–H groups in total. The highest BCUT2D eigenvalue weighted by Gasteiger charge is 2.48. The zero-order chi connectivity index (χ0) is 61.1. The van der Waals surface area contributed by atoms with Crippen molar-refractivity contribution in [3.63, 3.8) is 0 Å². The van der Waals surface area contributed by atoms with Crippen LogP contribution in [-0.4, -0.2) is 95.4 Å². The average Bonchev–Trinajstić information content (AvgIpc) is 3.65. The second kappa shape index (κ2) is 60.2. The minimum absolute atomic E-state index is 0.257. The molecule has 1 aliphatic heterocycles. The first-order valence-electron chi connectivity index (χ1n) is 35.9. The third-order valence-corrected chi connectivity index (χ3v) is 17.6. The van der Waals surface area contributed by atoms with E-state index in [2.05, 4.69) is 47.7 Å². The fourth-order valence-electron chi connectivity index (χ4n) is 11.7. The number of carbonyl (C=O) groups is 1. The summed E-state index contributed by atoms with van der Waals surface area (Å²) in [7, 11) is -5.09. The van der Waals surface area contributed by atoms with Crippen molar-refractivity contribution in [3.8, 4) is 0 Å². The van der Waals surface area contributed by atoms with Gasteiger partial charge >= 0.3 is 10.4 Å². The van der Waals surface area contributed by atoms with Gasteiger partial charge in [-0.25, -0.2) is 4.18 Å². The lowest BCUT2D eigenvalue weighted by molar-refractivity contribution is -0.298. The van der Waals surface area contributed by atoms with Gasteiger partial charge in [0.15, 0.2) is 6.29 Å². The molecule has 0 aromatic carbocycles. The van der Waals surface area contributed by atoms with Crippen LogP contribution < -0.4 is 5.32 Å². The van der Waals surface area contributed by atoms with Crippen LogP contribution in [0.3, 0.4) is 0 Å². The number of aliphatic hydroxyl groups is 4. The summed E-state index contributed by atoms with van der Waals surface area (Å²) in [6, 6.07) is -0.945. The minimum atomic E-state index is -5.09. The molecule has 0 aliphatic carbocycles. The highest BCUT2D eigenvalue weighted by Crippen LogP contribution is 2.26. The first kappa shape index (κ1) is 80.3. The monoisotopic (exact) mass is 1210 g/mol. The SMILES string of the molecule is CCCCCCCCCCCCCCCCC/C=C\C/C=C\CCCCCCCCCCCCCCCCCCCC(=O)NC(COC1OC(CO)C(O)C(OS(=O)(=O)O)C1O)C(O)/C=C/CCCCCCCCCCCCCCCCCC. The quantitative estimate of drug-likeness (QED) is 0.0193. The maximum atomic E-state index is 13.2. The van der Waals surface area contributed by atoms with Crippen molar-refractivity contribution < 1.29 is 51.8 Å². The van der Waals surface area contributed by atoms with Crippen LogP contribution in [0.25, 0.3) is 0 Å². The number of ether oxygens (including phenoxy) is 2. The summed E-state index contributed by atoms with van der Waals surface area (Å²) in [6.45, 7) is 3.45. The Hall–Kier alpha value is -1.68. The van der Waals surface area contributed by atoms with Crippen molar-refractivity contribution >= 4 is 16.3 Å². The normalized spacial score (nSPS) is 18.5. The Bertz CT molecular complexity index is 1610. The molecule has 1 rings (SSSR count). The Labute approximate surface area is 517 Å². The van der Waals surface area contributed by atoms with E-state index in [1.807, 2.05) is 6.08 Å². The van der Waals surface area contributed by atoms with Crippen LogP contribution in [0, 0.1) is 0 Å². The lowest BCUT2D eigenvalue weighted by Crippen LogP contribution is -2.61. The van der Waals surface area contributed by atoms with Crippen LogP contribution in [-0.2, 0) is 28.9 Å². The van der Waals surface area contributed by atoms with Gasteiger partial charge in [-0.1, -0.05) is 333 Å². The van der Waals surface area contributed by atoms with E-state index < -0.39 is 59.9 Å². The second-order valence-electron chi connectivity index (χ2n) is 25.2. The molecule has 0 radical (unpaired) electrons. The van der Waals surface area contributed by atoms with Gasteiger partial charge in [0.25, 0.3) is 0 Å². The number of hydrogen-bond donors (Lipinski definition) is 6. The third kappa shape index (κ3) is 51.2. The Morgan fingerprint density at radius 3 is 1.13 bits per heavy atom. The number of nitrogens with one attached hydrogen (secondary N) is 1. The maximum Gasteiger partial charge on any atom is 0.397 e. The summed E-state index contributed by atoms with van der Waals surface area (Å²) in [4.78, 5) is 13.2. The van der Waals surface area contributed by atoms with Crippen LogP contribution in [0.4, 0.5) is 0 Å². The average molecular weight is 1210 g/mol. The molecule has 12 nitrogen and oxygen atoms in total. The highest BCUT2D eigenvalue weighted by molar-refractivity contribution is 7.80. The lowest BCUT2D eigenvalue weighted by Gasteiger charge is -2.41. The molecule has 1 saturated heterocycles. The fraction of sp³-hybridized carbons (Fsp3) is 0.901. The van der Waals surface area contributed by atoms with Gasteiger partial charge in [-0.05, 0) is 51.4 Å². The standard InChI is InChI=1S/C71H135NO11S/c1-3-5-7-9-11-13-15-17-19-21-23-24-25-26-27-28-29-30-31-32-33-34-35-36-37-38-39-40-41-42-43-45-47-49-51-53-55-57-59-61-67(75)72-64(63-81-71-69(77)70(83-84(78,79)80)68(76)66(62-73)82-71)65(74)60-58-56-54-52-50-48-46-44-22-20-18-16-14-12-10-8-6-4-2/h29-30,32-33,58,60,64-66,68-71,73-74,76-77H,3-28,31,34-57,59,61-63H2,1-2H3,(H,72,75)(H,78,79,80)/b30-29-,33-32-,60-58+. The van der Waals surface area contributed by atoms with Gasteiger partial charge in [-0.15, -0.1) is 0 Å². The van der Waals surface area contributed by atoms with Crippen molar-refractivity contribution in [1.29, 1.82) is 0 Å². The van der Waals surface area contributed by atoms with Gasteiger partial charge in [-0.2, -0.15) is 8.42 Å². The van der Waals surface area contributed by atoms with Crippen LogP contribution in [0.5, 0.6) is 0 Å². The fourth-order valence-corrected chi connectivity index (χ4v) is 12.2. The molecule has 84 heavy (non-hydrogen) atoms. The van der Waals surface area contributed by atoms with E-state index in [9.17, 15) is 38.2 Å². The molecule has 496 valence electrons. The molecule has 7 atom stereocenters. The Morgan fingerprint density at radius 1 is 0.476 bits per heavy atom. The molecule has 0 aromatic rings. The molecular weight excluding hydrogens is 1070 g/mol. The topological polar surface area (TPSA) is 192 Å². The van der Waals surface area contributed by atoms with Gasteiger partial charge in [0.2, 0.25) is 5.91 Å². The lowest BCUT2D eigenvalue weighted by atomic mass is 9.99. The molecule has 7 unspecified atom stereocenters. The van der Waals surface area contributed by atoms with Gasteiger partial charge in [-0.3, -0.25) is 9.35 Å². The van der Waals surface area contributed by atoms with Gasteiger partial charge in [0.05, 0.1) is 25.4 Å². The number of unbranched alkanes of at least 4 members (excludes halogenated alkanes) is 48. The summed E-state index contributed by atoms with van der Waals surface area (Å²) in [5, 5.41) is 45.1. The predicted octanol–water partition coefficient (Wildman–Crippen LogP) is 18.9. The van der Waals surface area contributed by atoms with Crippen LogP contribution in [0.15, 0.2) is 36.5 Å². The first-order chi connectivity index (χ1) is 41.0. The van der Waals surface area contributed by atoms with Crippen molar-refractivity contribution in [3.05, 3.63) is 36.5 Å². The molecule has 0 saturated carbocycles. The predicted molar refractivity (Wildman–Crippen MR) is 352 cm³/mol. The van der Waals surface area contributed by atoms with E-state index in [1.54, 1.807) is 6.08 Å². The molecule has 1 aliphatic rings. The van der Waals surface area contributed by atoms with E-state index >= 15 is 0 Å². The van der Waals surface area contributed by atoms with Crippen molar-refractivity contribution in [1.82, 2.24) is 5.32 Å². The first-order valence-corrected chi connectivity index (χ1v) is 37.2. The number of allylic oxidation sites excluding steroid dienone is 5. The van der Waals surface area contributed by atoms with E-state index in [0.29, 0.717) is 6.42 Å². The molecular formula is C71H135NO11S. The Morgan fingerprint density at radius 2 is 0.798 bits per heavy atom. The molecule has 0 bridgehead atoms. The number of carbonyl (C=O) groups excluding carboxylic acids is 1. The minimum Gasteiger partial charge on any atom is -0.394 e. The van der Waals surface area contributed by atoms with E-state index in [0.717, 1.165) is 44.9 Å². The van der Waals surface area contributed by atoms with Crippen molar-refractivity contribution in [2.45, 2.75) is 397 Å². The zero-order valence-corrected chi connectivity index (χ0v) is 55.3. The number of aliphatic hydroxyl groups excluding tert-OH is 4. The van der Waals surface area contributed by atoms with Crippen LogP contribution in [0.1, 0.15) is 354 Å². The van der Waals surface area contributed by atoms with E-state index in [1.165, 1.54) is 283 Å². The third-order valence-electron chi connectivity index (χ3n) is 17.2. The molecule has 13 heteroatoms. The summed E-state index contributed by atoms with van der Waals surface area (Å²) in [5.74, 6) is -0.257. The summed E-state index contributed by atoms with van der Waals surface area (Å²) < 4.78 is 48.0. The number of hydrogen-bond acceptors (Lipinski definition) is 10. The molecule has 0 spiro atoms. The van der Waals surface area contributed by atoms with Gasteiger partial charge in [0, 0.05) is 6.42 Å².